The van der Waals surface area contributed by atoms with Crippen molar-refractivity contribution in [3.63, 3.8) is 0 Å². The quantitative estimate of drug-likeness (QED) is 0.577. The van der Waals surface area contributed by atoms with Crippen LogP contribution in [0.2, 0.25) is 0 Å². The molecule has 0 aromatic carbocycles. The van der Waals surface area contributed by atoms with Crippen molar-refractivity contribution in [2.75, 3.05) is 5.73 Å². The zero-order valence-electron chi connectivity index (χ0n) is 5.73. The molecular weight excluding hydrogens is 142 g/mol. The van der Waals surface area contributed by atoms with Crippen molar-refractivity contribution in [3.05, 3.63) is 24.5 Å². The SMILES string of the molecule is Nc1cnn2cc(O)ccc12. The second kappa shape index (κ2) is 1.88. The molecule has 0 aliphatic rings. The Balaban J connectivity index is 2.86. The minimum atomic E-state index is 0.181. The second-order valence-electron chi connectivity index (χ2n) is 2.32. The highest BCUT2D eigenvalue weighted by Crippen LogP contribution is 2.15. The number of aromatic nitrogens is 2. The molecule has 0 amide bonds. The van der Waals surface area contributed by atoms with E-state index in [9.17, 15) is 0 Å². The van der Waals surface area contributed by atoms with Gasteiger partial charge in [-0.15, -0.1) is 0 Å². The summed E-state index contributed by atoms with van der Waals surface area (Å²) in [6.45, 7) is 0. The van der Waals surface area contributed by atoms with Crippen LogP contribution < -0.4 is 5.73 Å². The van der Waals surface area contributed by atoms with Gasteiger partial charge in [0, 0.05) is 0 Å². The zero-order valence-corrected chi connectivity index (χ0v) is 5.73. The van der Waals surface area contributed by atoms with Crippen molar-refractivity contribution in [2.24, 2.45) is 0 Å². The molecule has 11 heavy (non-hydrogen) atoms. The van der Waals surface area contributed by atoms with Gasteiger partial charge in [-0.3, -0.25) is 0 Å². The van der Waals surface area contributed by atoms with E-state index in [1.54, 1.807) is 18.3 Å². The van der Waals surface area contributed by atoms with E-state index >= 15 is 0 Å². The van der Waals surface area contributed by atoms with Crippen molar-refractivity contribution >= 4 is 11.2 Å². The molecule has 0 saturated carbocycles. The highest BCUT2D eigenvalue weighted by Gasteiger charge is 1.98. The fraction of sp³-hybridized carbons (Fsp3) is 0. The summed E-state index contributed by atoms with van der Waals surface area (Å²) in [4.78, 5) is 0. The highest BCUT2D eigenvalue weighted by molar-refractivity contribution is 5.68. The molecule has 4 heteroatoms. The molecule has 0 aliphatic carbocycles. The molecule has 0 atom stereocenters. The first kappa shape index (κ1) is 6.03. The molecule has 2 aromatic heterocycles. The molecular formula is C7H7N3O. The average molecular weight is 149 g/mol. The molecule has 0 bridgehead atoms. The molecule has 0 fully saturated rings. The van der Waals surface area contributed by atoms with E-state index in [0.29, 0.717) is 5.69 Å². The van der Waals surface area contributed by atoms with Gasteiger partial charge in [0.1, 0.15) is 5.75 Å². The maximum absolute atomic E-state index is 9.04. The molecule has 56 valence electrons. The van der Waals surface area contributed by atoms with Gasteiger partial charge in [-0.25, -0.2) is 4.52 Å². The van der Waals surface area contributed by atoms with Gasteiger partial charge < -0.3 is 10.8 Å². The number of hydrogen-bond acceptors (Lipinski definition) is 3. The van der Waals surface area contributed by atoms with Crippen molar-refractivity contribution < 1.29 is 5.11 Å². The van der Waals surface area contributed by atoms with E-state index in [-0.39, 0.29) is 5.75 Å². The average Bonchev–Trinajstić information content (AvgIpc) is 2.32. The third-order valence-corrected chi connectivity index (χ3v) is 1.53. The minimum absolute atomic E-state index is 0.181. The molecule has 0 spiro atoms. The van der Waals surface area contributed by atoms with Crippen LogP contribution in [0.1, 0.15) is 0 Å². The predicted octanol–water partition coefficient (Wildman–Crippen LogP) is 0.622. The van der Waals surface area contributed by atoms with Crippen molar-refractivity contribution in [1.29, 1.82) is 0 Å². The van der Waals surface area contributed by atoms with Crippen LogP contribution in [-0.2, 0) is 0 Å². The van der Waals surface area contributed by atoms with E-state index in [0.717, 1.165) is 5.52 Å². The second-order valence-corrected chi connectivity index (χ2v) is 2.32. The Morgan fingerprint density at radius 2 is 2.27 bits per heavy atom. The highest BCUT2D eigenvalue weighted by atomic mass is 16.3. The third kappa shape index (κ3) is 0.797. The Bertz CT molecular complexity index is 393. The minimum Gasteiger partial charge on any atom is -0.506 e. The summed E-state index contributed by atoms with van der Waals surface area (Å²) in [5.74, 6) is 0.181. The smallest absolute Gasteiger partial charge is 0.133 e. The predicted molar refractivity (Wildman–Crippen MR) is 41.3 cm³/mol. The Labute approximate surface area is 62.9 Å². The zero-order chi connectivity index (χ0) is 7.84. The van der Waals surface area contributed by atoms with Gasteiger partial charge in [0.05, 0.1) is 23.6 Å². The van der Waals surface area contributed by atoms with E-state index in [4.69, 9.17) is 10.8 Å². The van der Waals surface area contributed by atoms with Crippen molar-refractivity contribution in [2.45, 2.75) is 0 Å². The van der Waals surface area contributed by atoms with Crippen molar-refractivity contribution in [1.82, 2.24) is 9.61 Å². The van der Waals surface area contributed by atoms with Gasteiger partial charge in [0.25, 0.3) is 0 Å². The summed E-state index contributed by atoms with van der Waals surface area (Å²) in [7, 11) is 0. The van der Waals surface area contributed by atoms with Gasteiger partial charge in [-0.1, -0.05) is 0 Å². The number of pyridine rings is 1. The Morgan fingerprint density at radius 1 is 1.45 bits per heavy atom. The lowest BCUT2D eigenvalue weighted by Gasteiger charge is -1.93. The largest absolute Gasteiger partial charge is 0.506 e. The Hall–Kier alpha value is -1.71. The summed E-state index contributed by atoms with van der Waals surface area (Å²) < 4.78 is 1.53. The van der Waals surface area contributed by atoms with Crippen molar-refractivity contribution in [3.8, 4) is 5.75 Å². The van der Waals surface area contributed by atoms with Crippen LogP contribution in [0.5, 0.6) is 5.75 Å². The number of rotatable bonds is 0. The molecule has 0 radical (unpaired) electrons. The van der Waals surface area contributed by atoms with Gasteiger partial charge >= 0.3 is 0 Å². The fourth-order valence-corrected chi connectivity index (χ4v) is 0.993. The first-order valence-electron chi connectivity index (χ1n) is 3.19. The Kier molecular flexibility index (Phi) is 1.03. The van der Waals surface area contributed by atoms with E-state index in [1.807, 2.05) is 0 Å². The molecule has 0 saturated heterocycles. The molecule has 2 rings (SSSR count). The number of nitrogens with zero attached hydrogens (tertiary/aromatic N) is 2. The molecule has 2 aromatic rings. The van der Waals surface area contributed by atoms with Crippen LogP contribution >= 0.6 is 0 Å². The maximum atomic E-state index is 9.04. The van der Waals surface area contributed by atoms with Gasteiger partial charge in [0.15, 0.2) is 0 Å². The Morgan fingerprint density at radius 3 is 3.09 bits per heavy atom. The number of fused-ring (bicyclic) bond motifs is 1. The molecule has 0 aliphatic heterocycles. The van der Waals surface area contributed by atoms with Crippen LogP contribution in [-0.4, -0.2) is 14.7 Å². The van der Waals surface area contributed by atoms with Gasteiger partial charge in [-0.2, -0.15) is 5.10 Å². The lowest BCUT2D eigenvalue weighted by Crippen LogP contribution is -1.86. The van der Waals surface area contributed by atoms with Crippen LogP contribution in [0.4, 0.5) is 5.69 Å². The number of nitrogens with two attached hydrogens (primary N) is 1. The molecule has 0 unspecified atom stereocenters. The van der Waals surface area contributed by atoms with Crippen LogP contribution in [0.3, 0.4) is 0 Å². The van der Waals surface area contributed by atoms with E-state index < -0.39 is 0 Å². The summed E-state index contributed by atoms with van der Waals surface area (Å²) in [5.41, 5.74) is 6.99. The van der Waals surface area contributed by atoms with Gasteiger partial charge in [0.2, 0.25) is 0 Å². The monoisotopic (exact) mass is 149 g/mol. The number of hydrogen-bond donors (Lipinski definition) is 2. The molecule has 4 nitrogen and oxygen atoms in total. The third-order valence-electron chi connectivity index (χ3n) is 1.53. The lowest BCUT2D eigenvalue weighted by molar-refractivity contribution is 0.471. The molecule has 3 N–H and O–H groups in total. The number of anilines is 1. The lowest BCUT2D eigenvalue weighted by atomic mass is 10.3. The first-order chi connectivity index (χ1) is 5.27. The first-order valence-corrected chi connectivity index (χ1v) is 3.19. The summed E-state index contributed by atoms with van der Waals surface area (Å²) in [6.07, 6.45) is 3.06. The van der Waals surface area contributed by atoms with Gasteiger partial charge in [-0.05, 0) is 12.1 Å². The van der Waals surface area contributed by atoms with Crippen LogP contribution in [0.25, 0.3) is 5.52 Å². The van der Waals surface area contributed by atoms with E-state index in [1.165, 1.54) is 10.7 Å². The maximum Gasteiger partial charge on any atom is 0.133 e. The van der Waals surface area contributed by atoms with Crippen LogP contribution in [0, 0.1) is 0 Å². The van der Waals surface area contributed by atoms with E-state index in [2.05, 4.69) is 5.10 Å². The fourth-order valence-electron chi connectivity index (χ4n) is 0.993. The summed E-state index contributed by atoms with van der Waals surface area (Å²) in [5, 5.41) is 12.9. The summed E-state index contributed by atoms with van der Waals surface area (Å²) >= 11 is 0. The topological polar surface area (TPSA) is 63.5 Å². The summed E-state index contributed by atoms with van der Waals surface area (Å²) in [6, 6.07) is 3.30. The number of aromatic hydroxyl groups is 1. The normalized spacial score (nSPS) is 10.5. The number of nitrogen functional groups attached to an aromatic ring is 1. The molecule has 2 heterocycles. The standard InChI is InChI=1S/C7H7N3O/c8-6-3-9-10-4-5(11)1-2-7(6)10/h1-4,11H,8H2. The van der Waals surface area contributed by atoms with Crippen LogP contribution in [0.15, 0.2) is 24.5 Å².